The fraction of sp³-hybridized carbons (Fsp3) is 0.143. The highest BCUT2D eigenvalue weighted by molar-refractivity contribution is 7.92. The van der Waals surface area contributed by atoms with Crippen LogP contribution in [0.3, 0.4) is 0 Å². The molecule has 0 spiro atoms. The van der Waals surface area contributed by atoms with Crippen LogP contribution in [-0.2, 0) is 10.0 Å². The number of sulfonamides is 1. The molecule has 0 aromatic heterocycles. The second-order valence-corrected chi connectivity index (χ2v) is 6.48. The molecule has 0 saturated carbocycles. The van der Waals surface area contributed by atoms with Gasteiger partial charge in [-0.3, -0.25) is 4.72 Å². The lowest BCUT2D eigenvalue weighted by atomic mass is 10.3. The van der Waals surface area contributed by atoms with Crippen molar-refractivity contribution in [3.05, 3.63) is 53.1 Å². The van der Waals surface area contributed by atoms with Crippen LogP contribution in [0.15, 0.2) is 41.3 Å². The SMILES string of the molecule is O=S(=O)(Nc1ccc(F)cc1OCCO)c1ccc(Cl)cc1F. The average Bonchev–Trinajstić information content (AvgIpc) is 2.47. The summed E-state index contributed by atoms with van der Waals surface area (Å²) < 4.78 is 58.7. The van der Waals surface area contributed by atoms with Gasteiger partial charge < -0.3 is 9.84 Å². The molecule has 0 atom stereocenters. The van der Waals surface area contributed by atoms with Gasteiger partial charge in [-0.05, 0) is 30.3 Å². The van der Waals surface area contributed by atoms with Crippen LogP contribution in [0.2, 0.25) is 5.02 Å². The third-order valence-electron chi connectivity index (χ3n) is 2.72. The molecule has 0 amide bonds. The minimum atomic E-state index is -4.27. The smallest absolute Gasteiger partial charge is 0.264 e. The van der Waals surface area contributed by atoms with E-state index in [2.05, 4.69) is 4.72 Å². The topological polar surface area (TPSA) is 75.6 Å². The molecule has 0 aliphatic carbocycles. The Hall–Kier alpha value is -1.90. The summed E-state index contributed by atoms with van der Waals surface area (Å²) in [4.78, 5) is -0.612. The Bertz CT molecular complexity index is 814. The molecule has 2 rings (SSSR count). The van der Waals surface area contributed by atoms with E-state index in [-0.39, 0.29) is 29.7 Å². The van der Waals surface area contributed by atoms with Gasteiger partial charge in [-0.15, -0.1) is 0 Å². The molecular weight excluding hydrogens is 352 g/mol. The molecule has 5 nitrogen and oxygen atoms in total. The zero-order valence-corrected chi connectivity index (χ0v) is 13.2. The molecule has 2 aromatic carbocycles. The van der Waals surface area contributed by atoms with E-state index in [1.165, 1.54) is 6.07 Å². The Morgan fingerprint density at radius 2 is 1.91 bits per heavy atom. The maximum atomic E-state index is 13.8. The first kappa shape index (κ1) is 17.5. The van der Waals surface area contributed by atoms with Gasteiger partial charge in [0.15, 0.2) is 0 Å². The van der Waals surface area contributed by atoms with E-state index >= 15 is 0 Å². The van der Waals surface area contributed by atoms with Gasteiger partial charge in [0.25, 0.3) is 10.0 Å². The molecule has 2 N–H and O–H groups in total. The highest BCUT2D eigenvalue weighted by Crippen LogP contribution is 2.29. The number of rotatable bonds is 6. The second-order valence-electron chi connectivity index (χ2n) is 4.39. The van der Waals surface area contributed by atoms with Crippen molar-refractivity contribution in [3.63, 3.8) is 0 Å². The van der Waals surface area contributed by atoms with Crippen LogP contribution in [0, 0.1) is 11.6 Å². The third-order valence-corrected chi connectivity index (χ3v) is 4.35. The molecule has 0 heterocycles. The monoisotopic (exact) mass is 363 g/mol. The van der Waals surface area contributed by atoms with Crippen molar-refractivity contribution in [1.29, 1.82) is 0 Å². The van der Waals surface area contributed by atoms with Crippen molar-refractivity contribution in [2.24, 2.45) is 0 Å². The fourth-order valence-corrected chi connectivity index (χ4v) is 3.04. The number of halogens is 3. The Labute approximate surface area is 136 Å². The zero-order valence-electron chi connectivity index (χ0n) is 11.6. The number of ether oxygens (including phenoxy) is 1. The second kappa shape index (κ2) is 7.12. The Morgan fingerprint density at radius 3 is 2.57 bits per heavy atom. The summed E-state index contributed by atoms with van der Waals surface area (Å²) in [6, 6.07) is 6.20. The van der Waals surface area contributed by atoms with Gasteiger partial charge in [0.2, 0.25) is 0 Å². The summed E-state index contributed by atoms with van der Waals surface area (Å²) in [5, 5.41) is 8.79. The summed E-state index contributed by atoms with van der Waals surface area (Å²) in [5.74, 6) is -1.81. The number of aliphatic hydroxyl groups is 1. The maximum absolute atomic E-state index is 13.8. The molecule has 9 heteroatoms. The van der Waals surface area contributed by atoms with E-state index in [9.17, 15) is 17.2 Å². The lowest BCUT2D eigenvalue weighted by Crippen LogP contribution is -2.16. The summed E-state index contributed by atoms with van der Waals surface area (Å²) in [5.41, 5.74) is -0.0887. The van der Waals surface area contributed by atoms with Crippen LogP contribution >= 0.6 is 11.6 Å². The highest BCUT2D eigenvalue weighted by atomic mass is 35.5. The van der Waals surface area contributed by atoms with Crippen LogP contribution < -0.4 is 9.46 Å². The first-order valence-electron chi connectivity index (χ1n) is 6.34. The van der Waals surface area contributed by atoms with Gasteiger partial charge in [-0.2, -0.15) is 0 Å². The number of nitrogens with one attached hydrogen (secondary N) is 1. The first-order valence-corrected chi connectivity index (χ1v) is 8.20. The van der Waals surface area contributed by atoms with Crippen molar-refractivity contribution >= 4 is 27.3 Å². The predicted octanol–water partition coefficient (Wildman–Crippen LogP) is 2.79. The number of aliphatic hydroxyl groups excluding tert-OH is 1. The molecule has 23 heavy (non-hydrogen) atoms. The molecule has 0 aliphatic heterocycles. The van der Waals surface area contributed by atoms with E-state index in [1.54, 1.807) is 0 Å². The van der Waals surface area contributed by atoms with Crippen LogP contribution in [0.1, 0.15) is 0 Å². The summed E-state index contributed by atoms with van der Waals surface area (Å²) in [6.07, 6.45) is 0. The van der Waals surface area contributed by atoms with Gasteiger partial charge in [0.1, 0.15) is 28.9 Å². The van der Waals surface area contributed by atoms with E-state index in [0.717, 1.165) is 30.3 Å². The number of anilines is 1. The molecule has 0 unspecified atom stereocenters. The molecule has 0 saturated heterocycles. The van der Waals surface area contributed by atoms with Crippen molar-refractivity contribution in [1.82, 2.24) is 0 Å². The standard InChI is InChI=1S/C14H12ClF2NO4S/c15-9-1-4-14(11(17)7-9)23(20,21)18-12-3-2-10(16)8-13(12)22-6-5-19/h1-4,7-8,18-19H,5-6H2. The number of benzene rings is 2. The summed E-state index contributed by atoms with van der Waals surface area (Å²) >= 11 is 5.59. The third kappa shape index (κ3) is 4.31. The highest BCUT2D eigenvalue weighted by Gasteiger charge is 2.21. The zero-order chi connectivity index (χ0) is 17.0. The van der Waals surface area contributed by atoms with Crippen LogP contribution in [0.4, 0.5) is 14.5 Å². The summed E-state index contributed by atoms with van der Waals surface area (Å²) in [6.45, 7) is -0.498. The minimum Gasteiger partial charge on any atom is -0.489 e. The van der Waals surface area contributed by atoms with Gasteiger partial charge in [-0.25, -0.2) is 17.2 Å². The van der Waals surface area contributed by atoms with Crippen molar-refractivity contribution < 1.29 is 27.0 Å². The van der Waals surface area contributed by atoms with E-state index < -0.39 is 26.6 Å². The van der Waals surface area contributed by atoms with Crippen LogP contribution in [-0.4, -0.2) is 26.7 Å². The maximum Gasteiger partial charge on any atom is 0.264 e. The molecule has 2 aromatic rings. The van der Waals surface area contributed by atoms with Gasteiger partial charge in [0.05, 0.1) is 12.3 Å². The Kier molecular flexibility index (Phi) is 5.40. The van der Waals surface area contributed by atoms with Crippen LogP contribution in [0.25, 0.3) is 0 Å². The molecule has 0 aliphatic rings. The van der Waals surface area contributed by atoms with Crippen molar-refractivity contribution in [3.8, 4) is 5.75 Å². The first-order chi connectivity index (χ1) is 10.8. The minimum absolute atomic E-state index is 0.0511. The predicted molar refractivity (Wildman–Crippen MR) is 81.2 cm³/mol. The van der Waals surface area contributed by atoms with E-state index in [0.29, 0.717) is 0 Å². The Balaban J connectivity index is 2.37. The Morgan fingerprint density at radius 1 is 1.17 bits per heavy atom. The van der Waals surface area contributed by atoms with Gasteiger partial charge >= 0.3 is 0 Å². The molecule has 124 valence electrons. The fourth-order valence-electron chi connectivity index (χ4n) is 1.75. The van der Waals surface area contributed by atoms with Crippen molar-refractivity contribution in [2.45, 2.75) is 4.90 Å². The number of hydrogen-bond donors (Lipinski definition) is 2. The van der Waals surface area contributed by atoms with E-state index in [1.807, 2.05) is 0 Å². The quantitative estimate of drug-likeness (QED) is 0.827. The molecule has 0 bridgehead atoms. The lowest BCUT2D eigenvalue weighted by Gasteiger charge is -2.13. The van der Waals surface area contributed by atoms with Gasteiger partial charge in [-0.1, -0.05) is 11.6 Å². The summed E-state index contributed by atoms with van der Waals surface area (Å²) in [7, 11) is -4.27. The number of hydrogen-bond acceptors (Lipinski definition) is 4. The van der Waals surface area contributed by atoms with E-state index in [4.69, 9.17) is 21.4 Å². The van der Waals surface area contributed by atoms with Crippen LogP contribution in [0.5, 0.6) is 5.75 Å². The largest absolute Gasteiger partial charge is 0.489 e. The van der Waals surface area contributed by atoms with Crippen molar-refractivity contribution in [2.75, 3.05) is 17.9 Å². The normalized spacial score (nSPS) is 11.3. The molecule has 0 fully saturated rings. The average molecular weight is 364 g/mol. The van der Waals surface area contributed by atoms with Gasteiger partial charge in [0, 0.05) is 11.1 Å². The lowest BCUT2D eigenvalue weighted by molar-refractivity contribution is 0.201. The molecular formula is C14H12ClF2NO4S. The molecule has 0 radical (unpaired) electrons.